The van der Waals surface area contributed by atoms with E-state index >= 15 is 0 Å². The number of methoxy groups -OCH3 is 1. The van der Waals surface area contributed by atoms with Crippen LogP contribution in [0.5, 0.6) is 11.5 Å². The Kier molecular flexibility index (Phi) is 4.31. The first-order chi connectivity index (χ1) is 12.6. The van der Waals surface area contributed by atoms with Crippen LogP contribution in [0.25, 0.3) is 0 Å². The molecule has 2 aliphatic rings. The molecule has 2 aliphatic heterocycles. The van der Waals surface area contributed by atoms with Gasteiger partial charge >= 0.3 is 0 Å². The minimum atomic E-state index is -0.217. The van der Waals surface area contributed by atoms with Crippen LogP contribution in [0.2, 0.25) is 0 Å². The van der Waals surface area contributed by atoms with E-state index in [4.69, 9.17) is 4.74 Å². The number of hydrogen-bond acceptors (Lipinski definition) is 3. The number of piperidine rings is 1. The Bertz CT molecular complexity index is 807. The van der Waals surface area contributed by atoms with Crippen molar-refractivity contribution >= 4 is 5.91 Å². The Labute approximate surface area is 152 Å². The summed E-state index contributed by atoms with van der Waals surface area (Å²) >= 11 is 0. The molecule has 2 bridgehead atoms. The normalized spacial score (nSPS) is 24.5. The van der Waals surface area contributed by atoms with Crippen LogP contribution in [0, 0.1) is 5.82 Å². The lowest BCUT2D eigenvalue weighted by atomic mass is 9.85. The van der Waals surface area contributed by atoms with Gasteiger partial charge < -0.3 is 14.7 Å². The van der Waals surface area contributed by atoms with Gasteiger partial charge in [-0.15, -0.1) is 0 Å². The summed E-state index contributed by atoms with van der Waals surface area (Å²) in [6.45, 7) is 0. The molecular weight excluding hydrogens is 333 g/mol. The van der Waals surface area contributed by atoms with Crippen LogP contribution < -0.4 is 4.74 Å². The molecule has 0 aromatic heterocycles. The molecular formula is C21H22FNO3. The predicted octanol–water partition coefficient (Wildman–Crippen LogP) is 4.09. The third-order valence-corrected chi connectivity index (χ3v) is 5.74. The number of phenols is 1. The average molecular weight is 355 g/mol. The Morgan fingerprint density at radius 1 is 1.12 bits per heavy atom. The Morgan fingerprint density at radius 2 is 1.77 bits per heavy atom. The second-order valence-corrected chi connectivity index (χ2v) is 7.20. The van der Waals surface area contributed by atoms with E-state index in [1.54, 1.807) is 12.1 Å². The van der Waals surface area contributed by atoms with Crippen molar-refractivity contribution < 1.29 is 19.0 Å². The second kappa shape index (κ2) is 6.63. The number of carbonyl (C=O) groups is 1. The fourth-order valence-electron chi connectivity index (χ4n) is 4.48. The van der Waals surface area contributed by atoms with Crippen molar-refractivity contribution in [1.29, 1.82) is 0 Å². The van der Waals surface area contributed by atoms with Crippen LogP contribution in [0.1, 0.15) is 47.5 Å². The number of fused-ring (bicyclic) bond motifs is 2. The van der Waals surface area contributed by atoms with Crippen LogP contribution in [0.15, 0.2) is 42.5 Å². The molecule has 2 unspecified atom stereocenters. The molecule has 0 saturated carbocycles. The zero-order chi connectivity index (χ0) is 18.3. The molecule has 2 aromatic rings. The van der Waals surface area contributed by atoms with Crippen molar-refractivity contribution in [1.82, 2.24) is 4.90 Å². The maximum absolute atomic E-state index is 13.2. The SMILES string of the molecule is COc1cc(C(=O)N2C3CCC2CC(c2ccc(F)cc2)C3)ccc1O. The molecule has 0 aliphatic carbocycles. The highest BCUT2D eigenvalue weighted by Gasteiger charge is 2.43. The number of aromatic hydroxyl groups is 1. The fraction of sp³-hybridized carbons (Fsp3) is 0.381. The van der Waals surface area contributed by atoms with E-state index in [1.165, 1.54) is 25.3 Å². The first kappa shape index (κ1) is 16.9. The van der Waals surface area contributed by atoms with E-state index < -0.39 is 0 Å². The van der Waals surface area contributed by atoms with Gasteiger partial charge in [0.1, 0.15) is 5.82 Å². The summed E-state index contributed by atoms with van der Waals surface area (Å²) in [6, 6.07) is 11.9. The number of benzene rings is 2. The lowest BCUT2D eigenvalue weighted by molar-refractivity contribution is 0.0571. The molecule has 4 rings (SSSR count). The Hall–Kier alpha value is -2.56. The second-order valence-electron chi connectivity index (χ2n) is 7.20. The molecule has 136 valence electrons. The van der Waals surface area contributed by atoms with Gasteiger partial charge in [-0.3, -0.25) is 4.79 Å². The van der Waals surface area contributed by atoms with Gasteiger partial charge in [-0.2, -0.15) is 0 Å². The van der Waals surface area contributed by atoms with Gasteiger partial charge in [-0.05, 0) is 67.5 Å². The highest BCUT2D eigenvalue weighted by Crippen LogP contribution is 2.44. The van der Waals surface area contributed by atoms with Gasteiger partial charge in [0, 0.05) is 17.6 Å². The number of phenolic OH excluding ortho intramolecular Hbond substituents is 1. The van der Waals surface area contributed by atoms with Crippen molar-refractivity contribution in [3.63, 3.8) is 0 Å². The number of halogens is 1. The third-order valence-electron chi connectivity index (χ3n) is 5.74. The number of nitrogens with zero attached hydrogens (tertiary/aromatic N) is 1. The Balaban J connectivity index is 1.54. The topological polar surface area (TPSA) is 49.8 Å². The Morgan fingerprint density at radius 3 is 2.38 bits per heavy atom. The lowest BCUT2D eigenvalue weighted by Crippen LogP contribution is -2.46. The molecule has 0 spiro atoms. The molecule has 2 aromatic carbocycles. The standard InChI is InChI=1S/C21H22FNO3/c1-26-20-12-14(4-9-19(20)24)21(25)23-17-7-8-18(23)11-15(10-17)13-2-5-16(22)6-3-13/h2-6,9,12,15,17-18,24H,7-8,10-11H2,1H3. The number of ether oxygens (including phenoxy) is 1. The first-order valence-corrected chi connectivity index (χ1v) is 9.02. The monoisotopic (exact) mass is 355 g/mol. The molecule has 2 atom stereocenters. The maximum Gasteiger partial charge on any atom is 0.254 e. The maximum atomic E-state index is 13.2. The largest absolute Gasteiger partial charge is 0.504 e. The van der Waals surface area contributed by atoms with Crippen molar-refractivity contribution in [3.8, 4) is 11.5 Å². The number of rotatable bonds is 3. The van der Waals surface area contributed by atoms with Crippen LogP contribution in [-0.4, -0.2) is 35.1 Å². The van der Waals surface area contributed by atoms with Gasteiger partial charge in [0.15, 0.2) is 11.5 Å². The van der Waals surface area contributed by atoms with Crippen LogP contribution in [0.4, 0.5) is 4.39 Å². The summed E-state index contributed by atoms with van der Waals surface area (Å²) < 4.78 is 18.3. The van der Waals surface area contributed by atoms with Gasteiger partial charge in [0.25, 0.3) is 5.91 Å². The van der Waals surface area contributed by atoms with Crippen molar-refractivity contribution in [2.24, 2.45) is 0 Å². The van der Waals surface area contributed by atoms with Crippen molar-refractivity contribution in [3.05, 3.63) is 59.4 Å². The van der Waals surface area contributed by atoms with Crippen molar-refractivity contribution in [2.45, 2.75) is 43.7 Å². The molecule has 2 heterocycles. The van der Waals surface area contributed by atoms with Crippen molar-refractivity contribution in [2.75, 3.05) is 7.11 Å². The summed E-state index contributed by atoms with van der Waals surface area (Å²) in [5.41, 5.74) is 1.69. The van der Waals surface area contributed by atoms with E-state index in [0.717, 1.165) is 31.2 Å². The van der Waals surface area contributed by atoms with E-state index in [0.29, 0.717) is 17.2 Å². The molecule has 1 N–H and O–H groups in total. The molecule has 0 radical (unpaired) electrons. The quantitative estimate of drug-likeness (QED) is 0.902. The lowest BCUT2D eigenvalue weighted by Gasteiger charge is -2.39. The zero-order valence-corrected chi connectivity index (χ0v) is 14.7. The molecule has 26 heavy (non-hydrogen) atoms. The fourth-order valence-corrected chi connectivity index (χ4v) is 4.48. The van der Waals surface area contributed by atoms with Gasteiger partial charge in [0.05, 0.1) is 7.11 Å². The highest BCUT2D eigenvalue weighted by molar-refractivity contribution is 5.95. The predicted molar refractivity (Wildman–Crippen MR) is 96.0 cm³/mol. The number of hydrogen-bond donors (Lipinski definition) is 1. The highest BCUT2D eigenvalue weighted by atomic mass is 19.1. The first-order valence-electron chi connectivity index (χ1n) is 9.02. The summed E-state index contributed by atoms with van der Waals surface area (Å²) in [5.74, 6) is 0.483. The molecule has 2 saturated heterocycles. The summed E-state index contributed by atoms with van der Waals surface area (Å²) in [4.78, 5) is 15.1. The van der Waals surface area contributed by atoms with E-state index in [2.05, 4.69) is 0 Å². The van der Waals surface area contributed by atoms with Crippen LogP contribution in [-0.2, 0) is 0 Å². The average Bonchev–Trinajstić information content (AvgIpc) is 2.91. The number of carbonyl (C=O) groups excluding carboxylic acids is 1. The molecule has 2 fully saturated rings. The smallest absolute Gasteiger partial charge is 0.254 e. The minimum absolute atomic E-state index is 0.00615. The molecule has 4 nitrogen and oxygen atoms in total. The van der Waals surface area contributed by atoms with Gasteiger partial charge in [0.2, 0.25) is 0 Å². The summed E-state index contributed by atoms with van der Waals surface area (Å²) in [7, 11) is 1.47. The van der Waals surface area contributed by atoms with E-state index in [-0.39, 0.29) is 29.6 Å². The van der Waals surface area contributed by atoms with E-state index in [9.17, 15) is 14.3 Å². The minimum Gasteiger partial charge on any atom is -0.504 e. The summed E-state index contributed by atoms with van der Waals surface area (Å²) in [6.07, 6.45) is 3.82. The summed E-state index contributed by atoms with van der Waals surface area (Å²) in [5, 5.41) is 9.75. The zero-order valence-electron chi connectivity index (χ0n) is 14.7. The molecule has 1 amide bonds. The van der Waals surface area contributed by atoms with Crippen LogP contribution in [0.3, 0.4) is 0 Å². The molecule has 5 heteroatoms. The third kappa shape index (κ3) is 2.91. The van der Waals surface area contributed by atoms with Gasteiger partial charge in [-0.1, -0.05) is 12.1 Å². The van der Waals surface area contributed by atoms with Crippen LogP contribution >= 0.6 is 0 Å². The van der Waals surface area contributed by atoms with Gasteiger partial charge in [-0.25, -0.2) is 4.39 Å². The number of amides is 1. The van der Waals surface area contributed by atoms with E-state index in [1.807, 2.05) is 17.0 Å².